The minimum absolute atomic E-state index is 0.0534. The fraction of sp³-hybridized carbons (Fsp3) is 0.500. The van der Waals surface area contributed by atoms with Gasteiger partial charge in [-0.05, 0) is 30.7 Å². The second-order valence-corrected chi connectivity index (χ2v) is 7.69. The molecule has 6 nitrogen and oxygen atoms in total. The highest BCUT2D eigenvalue weighted by atomic mass is 35.5. The molecule has 1 N–H and O–H groups in total. The Balaban J connectivity index is 2.06. The van der Waals surface area contributed by atoms with Gasteiger partial charge >= 0.3 is 17.9 Å². The lowest BCUT2D eigenvalue weighted by atomic mass is 9.75. The highest BCUT2D eigenvalue weighted by Crippen LogP contribution is 2.40. The van der Waals surface area contributed by atoms with Crippen LogP contribution in [0.15, 0.2) is 6.07 Å². The van der Waals surface area contributed by atoms with E-state index in [0.717, 1.165) is 18.4 Å². The lowest BCUT2D eigenvalue weighted by Gasteiger charge is -2.31. The molecule has 27 heavy (non-hydrogen) atoms. The first-order valence-electron chi connectivity index (χ1n) is 8.52. The van der Waals surface area contributed by atoms with Gasteiger partial charge in [-0.3, -0.25) is 0 Å². The summed E-state index contributed by atoms with van der Waals surface area (Å²) >= 11 is 17.9. The maximum Gasteiger partial charge on any atom is 0.422 e. The molecule has 0 bridgehead atoms. The van der Waals surface area contributed by atoms with Crippen molar-refractivity contribution in [1.82, 2.24) is 0 Å². The molecular formula is C18H19Cl3O6. The molecule has 1 fully saturated rings. The molecule has 0 radical (unpaired) electrons. The minimum Gasteiger partial charge on any atom is -0.473 e. The minimum atomic E-state index is -1.85. The number of aliphatic carboxylic acids is 1. The molecule has 0 aromatic heterocycles. The Bertz CT molecular complexity index is 745. The van der Waals surface area contributed by atoms with Crippen LogP contribution in [0.3, 0.4) is 0 Å². The molecule has 1 aliphatic carbocycles. The smallest absolute Gasteiger partial charge is 0.422 e. The van der Waals surface area contributed by atoms with Crippen molar-refractivity contribution in [2.24, 2.45) is 11.8 Å². The Morgan fingerprint density at radius 2 is 1.89 bits per heavy atom. The summed E-state index contributed by atoms with van der Waals surface area (Å²) in [5.41, 5.74) is -0.379. The summed E-state index contributed by atoms with van der Waals surface area (Å²) in [5.74, 6) is -3.54. The van der Waals surface area contributed by atoms with Crippen molar-refractivity contribution >= 4 is 52.7 Å². The molecule has 0 spiro atoms. The van der Waals surface area contributed by atoms with Crippen LogP contribution in [0.1, 0.15) is 49.4 Å². The van der Waals surface area contributed by atoms with E-state index in [1.807, 2.05) is 0 Å². The van der Waals surface area contributed by atoms with Gasteiger partial charge < -0.3 is 14.6 Å². The number of carboxylic acid groups (broad SMARTS) is 1. The van der Waals surface area contributed by atoms with Crippen LogP contribution in [-0.4, -0.2) is 29.6 Å². The van der Waals surface area contributed by atoms with Crippen molar-refractivity contribution < 1.29 is 29.0 Å². The maximum absolute atomic E-state index is 12.4. The average molecular weight is 438 g/mol. The van der Waals surface area contributed by atoms with Crippen LogP contribution in [0.5, 0.6) is 5.75 Å². The summed E-state index contributed by atoms with van der Waals surface area (Å²) in [7, 11) is 0. The summed E-state index contributed by atoms with van der Waals surface area (Å²) in [6.07, 6.45) is 5.35. The second-order valence-electron chi connectivity index (χ2n) is 6.50. The molecule has 1 saturated carbocycles. The van der Waals surface area contributed by atoms with Gasteiger partial charge in [-0.25, -0.2) is 14.4 Å². The van der Waals surface area contributed by atoms with Crippen molar-refractivity contribution in [3.63, 3.8) is 0 Å². The molecule has 9 heteroatoms. The Morgan fingerprint density at radius 3 is 2.44 bits per heavy atom. The summed E-state index contributed by atoms with van der Waals surface area (Å²) in [4.78, 5) is 34.5. The molecule has 1 aliphatic rings. The molecule has 0 amide bonds. The number of esters is 2. The number of rotatable bonds is 7. The summed E-state index contributed by atoms with van der Waals surface area (Å²) in [5, 5.41) is 8.17. The van der Waals surface area contributed by atoms with Crippen molar-refractivity contribution in [1.29, 1.82) is 0 Å². The Kier molecular flexibility index (Phi) is 7.77. The van der Waals surface area contributed by atoms with Crippen molar-refractivity contribution in [3.05, 3.63) is 26.7 Å². The van der Waals surface area contributed by atoms with E-state index >= 15 is 0 Å². The zero-order valence-electron chi connectivity index (χ0n) is 14.6. The number of benzene rings is 1. The zero-order valence-corrected chi connectivity index (χ0v) is 16.9. The van der Waals surface area contributed by atoms with Crippen LogP contribution in [0.25, 0.3) is 0 Å². The molecule has 0 saturated heterocycles. The predicted molar refractivity (Wildman–Crippen MR) is 101 cm³/mol. The number of ether oxygens (including phenoxy) is 2. The van der Waals surface area contributed by atoms with Gasteiger partial charge in [-0.1, -0.05) is 61.0 Å². The lowest BCUT2D eigenvalue weighted by molar-refractivity contribution is -0.158. The first-order valence-corrected chi connectivity index (χ1v) is 9.65. The molecule has 148 valence electrons. The molecule has 1 aromatic carbocycles. The van der Waals surface area contributed by atoms with Crippen LogP contribution in [0.2, 0.25) is 15.1 Å². The van der Waals surface area contributed by atoms with Crippen LogP contribution in [0.4, 0.5) is 0 Å². The van der Waals surface area contributed by atoms with E-state index in [1.165, 1.54) is 19.3 Å². The molecular weight excluding hydrogens is 419 g/mol. The highest BCUT2D eigenvalue weighted by molar-refractivity contribution is 6.46. The highest BCUT2D eigenvalue weighted by Gasteiger charge is 2.28. The summed E-state index contributed by atoms with van der Waals surface area (Å²) in [6, 6.07) is 1.15. The Morgan fingerprint density at radius 1 is 1.22 bits per heavy atom. The number of carbonyl (C=O) groups excluding carboxylic acids is 2. The monoisotopic (exact) mass is 436 g/mol. The van der Waals surface area contributed by atoms with E-state index in [1.54, 1.807) is 0 Å². The van der Waals surface area contributed by atoms with Gasteiger partial charge in [0.25, 0.3) is 0 Å². The fourth-order valence-electron chi connectivity index (χ4n) is 2.88. The standard InChI is InChI=1S/C18H19Cl3O6/c1-9(10-5-2-6-10)4-3-7-26-17(24)13-14(21)11(19)8-12(20)15(13)27-18(25)16(22)23/h8-10H,2-7H2,1H3,(H,22,23). The van der Waals surface area contributed by atoms with E-state index in [-0.39, 0.29) is 27.2 Å². The third kappa shape index (κ3) is 5.50. The number of hydrogen-bond acceptors (Lipinski definition) is 5. The van der Waals surface area contributed by atoms with Gasteiger partial charge in [-0.15, -0.1) is 0 Å². The van der Waals surface area contributed by atoms with E-state index < -0.39 is 23.7 Å². The quantitative estimate of drug-likeness (QED) is 0.212. The number of halogens is 3. The third-order valence-electron chi connectivity index (χ3n) is 4.69. The van der Waals surface area contributed by atoms with Gasteiger partial charge in [0.05, 0.1) is 21.7 Å². The number of carbonyl (C=O) groups is 3. The molecule has 1 aromatic rings. The predicted octanol–water partition coefficient (Wildman–Crippen LogP) is 5.01. The first-order chi connectivity index (χ1) is 12.7. The van der Waals surface area contributed by atoms with Gasteiger partial charge in [0.15, 0.2) is 5.75 Å². The third-order valence-corrected chi connectivity index (χ3v) is 5.76. The van der Waals surface area contributed by atoms with Crippen molar-refractivity contribution in [2.75, 3.05) is 6.61 Å². The van der Waals surface area contributed by atoms with Crippen LogP contribution in [-0.2, 0) is 14.3 Å². The molecule has 1 atom stereocenters. The number of hydrogen-bond donors (Lipinski definition) is 1. The van der Waals surface area contributed by atoms with E-state index in [2.05, 4.69) is 11.7 Å². The largest absolute Gasteiger partial charge is 0.473 e. The van der Waals surface area contributed by atoms with Gasteiger partial charge in [0.1, 0.15) is 5.56 Å². The van der Waals surface area contributed by atoms with Crippen LogP contribution in [0, 0.1) is 11.8 Å². The number of carboxylic acids is 1. The van der Waals surface area contributed by atoms with Crippen molar-refractivity contribution in [2.45, 2.75) is 39.0 Å². The Labute approximate surface area is 171 Å². The average Bonchev–Trinajstić information content (AvgIpc) is 2.54. The van der Waals surface area contributed by atoms with E-state index in [9.17, 15) is 14.4 Å². The van der Waals surface area contributed by atoms with Crippen LogP contribution >= 0.6 is 34.8 Å². The molecule has 0 aliphatic heterocycles. The molecule has 0 heterocycles. The van der Waals surface area contributed by atoms with Crippen molar-refractivity contribution in [3.8, 4) is 5.75 Å². The topological polar surface area (TPSA) is 89.9 Å². The van der Waals surface area contributed by atoms with Gasteiger partial charge in [0.2, 0.25) is 0 Å². The SMILES string of the molecule is CC(CCCOC(=O)c1c(Cl)c(Cl)cc(Cl)c1OC(=O)C(=O)O)C1CCC1. The summed E-state index contributed by atoms with van der Waals surface area (Å²) < 4.78 is 9.88. The van der Waals surface area contributed by atoms with E-state index in [4.69, 9.17) is 44.6 Å². The van der Waals surface area contributed by atoms with E-state index in [0.29, 0.717) is 12.3 Å². The fourth-order valence-corrected chi connectivity index (χ4v) is 3.60. The van der Waals surface area contributed by atoms with Crippen LogP contribution < -0.4 is 4.74 Å². The Hall–Kier alpha value is -1.50. The zero-order chi connectivity index (χ0) is 20.1. The summed E-state index contributed by atoms with van der Waals surface area (Å²) in [6.45, 7) is 2.32. The first kappa shape index (κ1) is 21.8. The van der Waals surface area contributed by atoms with Gasteiger partial charge in [0, 0.05) is 0 Å². The molecule has 2 rings (SSSR count). The maximum atomic E-state index is 12.4. The lowest BCUT2D eigenvalue weighted by Crippen LogP contribution is -2.22. The second kappa shape index (κ2) is 9.62. The van der Waals surface area contributed by atoms with Gasteiger partial charge in [-0.2, -0.15) is 0 Å². The molecule has 1 unspecified atom stereocenters. The normalized spacial score (nSPS) is 15.0.